The van der Waals surface area contributed by atoms with Crippen molar-refractivity contribution in [1.82, 2.24) is 9.80 Å². The number of hydrogen-bond acceptors (Lipinski definition) is 6. The van der Waals surface area contributed by atoms with E-state index in [2.05, 4.69) is 46.2 Å². The van der Waals surface area contributed by atoms with Gasteiger partial charge in [-0.25, -0.2) is 4.99 Å². The zero-order valence-electron chi connectivity index (χ0n) is 20.6. The third-order valence-corrected chi connectivity index (χ3v) is 6.89. The number of hydrogen-bond donors (Lipinski definition) is 0. The van der Waals surface area contributed by atoms with Crippen LogP contribution in [0.1, 0.15) is 24.9 Å². The Bertz CT molecular complexity index is 1270. The molecule has 1 amide bonds. The summed E-state index contributed by atoms with van der Waals surface area (Å²) in [5.74, 6) is 0.601. The zero-order chi connectivity index (χ0) is 25.1. The van der Waals surface area contributed by atoms with Crippen molar-refractivity contribution >= 4 is 29.2 Å². The standard InChI is InChI=1S/C29H30N4O3/c1-21(34)31-16-18-32(19-17-31)29-30-26-11-7-6-10-25(26)27(20-28(35)36-2)33(29)24-14-12-23(13-15-24)22-8-4-3-5-9-22/h3-15,27H,16-20H2,1-2H3. The molecule has 7 heteroatoms. The second-order valence-corrected chi connectivity index (χ2v) is 9.04. The topological polar surface area (TPSA) is 65.5 Å². The quantitative estimate of drug-likeness (QED) is 0.508. The first-order valence-corrected chi connectivity index (χ1v) is 12.2. The number of nitrogens with zero attached hydrogens (tertiary/aromatic N) is 4. The van der Waals surface area contributed by atoms with E-state index in [-0.39, 0.29) is 24.3 Å². The van der Waals surface area contributed by atoms with Gasteiger partial charge in [0.25, 0.3) is 0 Å². The van der Waals surface area contributed by atoms with Crippen LogP contribution in [-0.4, -0.2) is 60.9 Å². The van der Waals surface area contributed by atoms with E-state index in [1.165, 1.54) is 7.11 Å². The van der Waals surface area contributed by atoms with Crippen molar-refractivity contribution < 1.29 is 14.3 Å². The van der Waals surface area contributed by atoms with E-state index in [1.807, 2.05) is 47.4 Å². The summed E-state index contributed by atoms with van der Waals surface area (Å²) in [5.41, 5.74) is 5.06. The molecule has 2 aliphatic rings. The summed E-state index contributed by atoms with van der Waals surface area (Å²) in [5, 5.41) is 0. The number of guanidine groups is 1. The van der Waals surface area contributed by atoms with Gasteiger partial charge in [0.1, 0.15) is 0 Å². The van der Waals surface area contributed by atoms with Crippen molar-refractivity contribution in [3.63, 3.8) is 0 Å². The number of rotatable bonds is 4. The summed E-state index contributed by atoms with van der Waals surface area (Å²) in [6.45, 7) is 4.22. The van der Waals surface area contributed by atoms with Crippen LogP contribution in [0.3, 0.4) is 0 Å². The number of amides is 1. The number of carbonyl (C=O) groups is 2. The summed E-state index contributed by atoms with van der Waals surface area (Å²) < 4.78 is 5.09. The van der Waals surface area contributed by atoms with Crippen LogP contribution in [0.15, 0.2) is 83.9 Å². The predicted molar refractivity (Wildman–Crippen MR) is 141 cm³/mol. The highest BCUT2D eigenvalue weighted by molar-refractivity contribution is 6.01. The van der Waals surface area contributed by atoms with Crippen LogP contribution in [-0.2, 0) is 14.3 Å². The van der Waals surface area contributed by atoms with Crippen LogP contribution in [0.5, 0.6) is 0 Å². The van der Waals surface area contributed by atoms with Gasteiger partial charge in [-0.15, -0.1) is 0 Å². The third kappa shape index (κ3) is 4.69. The number of methoxy groups -OCH3 is 1. The lowest BCUT2D eigenvalue weighted by atomic mass is 9.97. The van der Waals surface area contributed by atoms with E-state index >= 15 is 0 Å². The molecule has 0 N–H and O–H groups in total. The molecule has 184 valence electrons. The van der Waals surface area contributed by atoms with E-state index in [0.29, 0.717) is 26.2 Å². The van der Waals surface area contributed by atoms with Gasteiger partial charge in [-0.2, -0.15) is 0 Å². The minimum absolute atomic E-state index is 0.0857. The molecule has 1 unspecified atom stereocenters. The largest absolute Gasteiger partial charge is 0.469 e. The van der Waals surface area contributed by atoms with Crippen LogP contribution < -0.4 is 4.90 Å². The Labute approximate surface area is 211 Å². The lowest BCUT2D eigenvalue weighted by Crippen LogP contribution is -2.56. The monoisotopic (exact) mass is 482 g/mol. The van der Waals surface area contributed by atoms with Gasteiger partial charge in [0.05, 0.1) is 25.3 Å². The first-order valence-electron chi connectivity index (χ1n) is 12.2. The number of carbonyl (C=O) groups excluding carboxylic acids is 2. The van der Waals surface area contributed by atoms with Crippen molar-refractivity contribution in [2.75, 3.05) is 38.2 Å². The summed E-state index contributed by atoms with van der Waals surface area (Å²) in [4.78, 5) is 35.8. The Balaban J connectivity index is 1.56. The molecule has 5 rings (SSSR count). The van der Waals surface area contributed by atoms with Crippen molar-refractivity contribution in [3.05, 3.63) is 84.4 Å². The fraction of sp³-hybridized carbons (Fsp3) is 0.276. The Hall–Kier alpha value is -4.13. The smallest absolute Gasteiger partial charge is 0.307 e. The molecule has 1 saturated heterocycles. The summed E-state index contributed by atoms with van der Waals surface area (Å²) in [6, 6.07) is 26.3. The van der Waals surface area contributed by atoms with Gasteiger partial charge in [0.15, 0.2) is 0 Å². The van der Waals surface area contributed by atoms with E-state index < -0.39 is 0 Å². The number of benzene rings is 3. The van der Waals surface area contributed by atoms with Gasteiger partial charge in [-0.3, -0.25) is 9.59 Å². The average molecular weight is 483 g/mol. The van der Waals surface area contributed by atoms with Crippen molar-refractivity contribution in [2.24, 2.45) is 4.99 Å². The maximum atomic E-state index is 12.6. The van der Waals surface area contributed by atoms with Crippen molar-refractivity contribution in [1.29, 1.82) is 0 Å². The third-order valence-electron chi connectivity index (χ3n) is 6.89. The molecule has 36 heavy (non-hydrogen) atoms. The highest BCUT2D eigenvalue weighted by atomic mass is 16.5. The van der Waals surface area contributed by atoms with Gasteiger partial charge >= 0.3 is 5.97 Å². The van der Waals surface area contributed by atoms with E-state index in [9.17, 15) is 9.59 Å². The molecule has 0 spiro atoms. The Morgan fingerprint density at radius 3 is 2.17 bits per heavy atom. The molecule has 2 heterocycles. The molecular weight excluding hydrogens is 452 g/mol. The zero-order valence-corrected chi connectivity index (χ0v) is 20.6. The van der Waals surface area contributed by atoms with Gasteiger partial charge in [0, 0.05) is 44.4 Å². The molecule has 1 fully saturated rings. The SMILES string of the molecule is COC(=O)CC1c2ccccc2N=C(N2CCN(C(C)=O)CC2)N1c1ccc(-c2ccccc2)cc1. The minimum Gasteiger partial charge on any atom is -0.469 e. The number of fused-ring (bicyclic) bond motifs is 1. The van der Waals surface area contributed by atoms with Gasteiger partial charge in [-0.1, -0.05) is 60.7 Å². The van der Waals surface area contributed by atoms with Gasteiger partial charge in [0.2, 0.25) is 11.9 Å². The molecule has 2 aliphatic heterocycles. The molecule has 0 bridgehead atoms. The van der Waals surface area contributed by atoms with Crippen LogP contribution >= 0.6 is 0 Å². The molecule has 1 atom stereocenters. The Kier molecular flexibility index (Phi) is 6.71. The molecular formula is C29H30N4O3. The fourth-order valence-electron chi connectivity index (χ4n) is 4.94. The molecule has 0 aromatic heterocycles. The lowest BCUT2D eigenvalue weighted by molar-refractivity contribution is -0.141. The summed E-state index contributed by atoms with van der Waals surface area (Å²) in [7, 11) is 1.42. The maximum Gasteiger partial charge on any atom is 0.307 e. The molecule has 3 aromatic rings. The number of para-hydroxylation sites is 1. The number of piperazine rings is 1. The number of esters is 1. The molecule has 0 saturated carbocycles. The Morgan fingerprint density at radius 2 is 1.50 bits per heavy atom. The second kappa shape index (κ2) is 10.2. The van der Waals surface area contributed by atoms with E-state index in [0.717, 1.165) is 34.0 Å². The Morgan fingerprint density at radius 1 is 0.861 bits per heavy atom. The molecule has 3 aromatic carbocycles. The van der Waals surface area contributed by atoms with Crippen molar-refractivity contribution in [3.8, 4) is 11.1 Å². The van der Waals surface area contributed by atoms with E-state index in [4.69, 9.17) is 9.73 Å². The normalized spacial score (nSPS) is 17.3. The average Bonchev–Trinajstić information content (AvgIpc) is 2.93. The lowest BCUT2D eigenvalue weighted by Gasteiger charge is -2.44. The van der Waals surface area contributed by atoms with Crippen LogP contribution in [0, 0.1) is 0 Å². The summed E-state index contributed by atoms with van der Waals surface area (Å²) in [6.07, 6.45) is 0.195. The second-order valence-electron chi connectivity index (χ2n) is 9.04. The van der Waals surface area contributed by atoms with Gasteiger partial charge in [-0.05, 0) is 29.3 Å². The van der Waals surface area contributed by atoms with Crippen LogP contribution in [0.25, 0.3) is 11.1 Å². The van der Waals surface area contributed by atoms with E-state index in [1.54, 1.807) is 6.92 Å². The first kappa shape index (κ1) is 23.6. The first-order chi connectivity index (χ1) is 17.5. The number of anilines is 1. The number of ether oxygens (including phenoxy) is 1. The maximum absolute atomic E-state index is 12.6. The minimum atomic E-state index is -0.275. The summed E-state index contributed by atoms with van der Waals surface area (Å²) >= 11 is 0. The molecule has 7 nitrogen and oxygen atoms in total. The molecule has 0 aliphatic carbocycles. The van der Waals surface area contributed by atoms with Gasteiger partial charge < -0.3 is 19.4 Å². The molecule has 0 radical (unpaired) electrons. The van der Waals surface area contributed by atoms with Crippen LogP contribution in [0.4, 0.5) is 11.4 Å². The predicted octanol–water partition coefficient (Wildman–Crippen LogP) is 4.63. The van der Waals surface area contributed by atoms with Crippen molar-refractivity contribution in [2.45, 2.75) is 19.4 Å². The fourth-order valence-corrected chi connectivity index (χ4v) is 4.94. The van der Waals surface area contributed by atoms with Crippen LogP contribution in [0.2, 0.25) is 0 Å². The highest BCUT2D eigenvalue weighted by Gasteiger charge is 2.36. The highest BCUT2D eigenvalue weighted by Crippen LogP contribution is 2.41. The number of aliphatic imine (C=N–C) groups is 1.